The van der Waals surface area contributed by atoms with Crippen LogP contribution in [0.2, 0.25) is 0 Å². The van der Waals surface area contributed by atoms with Gasteiger partial charge in [0, 0.05) is 0 Å². The summed E-state index contributed by atoms with van der Waals surface area (Å²) in [5.41, 5.74) is 0. The highest BCUT2D eigenvalue weighted by molar-refractivity contribution is 8.00. The summed E-state index contributed by atoms with van der Waals surface area (Å²) in [5.74, 6) is -5.26. The topological polar surface area (TPSA) is 158 Å². The van der Waals surface area contributed by atoms with E-state index in [-0.39, 0.29) is 34.5 Å². The van der Waals surface area contributed by atoms with E-state index in [1.165, 1.54) is 0 Å². The van der Waals surface area contributed by atoms with Crippen LogP contribution in [0, 0.1) is 0 Å². The van der Waals surface area contributed by atoms with Gasteiger partial charge in [0.05, 0.1) is 34.5 Å². The molecule has 0 N–H and O–H groups in total. The van der Waals surface area contributed by atoms with Gasteiger partial charge in [-0.1, -0.05) is 0 Å². The molecule has 0 amide bonds. The maximum atomic E-state index is 12.8. The number of ether oxygens (including phenoxy) is 6. The van der Waals surface area contributed by atoms with Crippen molar-refractivity contribution >= 4 is 106 Å². The first kappa shape index (κ1) is 38.9. The van der Waals surface area contributed by atoms with Crippen LogP contribution in [0.25, 0.3) is 0 Å². The molecule has 1 aliphatic carbocycles. The SMILES string of the molecule is CSCC(=O)OC1C(OC(=O)CSC)C(OC(=O)CSC)C(OC(=O)CSC)C(OC(=O)CSC)C1OC(=O)CSC. The lowest BCUT2D eigenvalue weighted by molar-refractivity contribution is -0.258. The highest BCUT2D eigenvalue weighted by atomic mass is 32.2. The summed E-state index contributed by atoms with van der Waals surface area (Å²) in [6.45, 7) is 0. The average molecular weight is 709 g/mol. The third-order valence-corrected chi connectivity index (χ3v) is 8.27. The Kier molecular flexibility index (Phi) is 20.0. The third-order valence-electron chi connectivity index (χ3n) is 5.12. The number of esters is 6. The van der Waals surface area contributed by atoms with E-state index in [0.717, 1.165) is 70.6 Å². The Bertz CT molecular complexity index is 724. The molecular weight excluding hydrogens is 673 g/mol. The maximum absolute atomic E-state index is 12.8. The predicted molar refractivity (Wildman–Crippen MR) is 170 cm³/mol. The fourth-order valence-electron chi connectivity index (χ4n) is 3.75. The minimum absolute atomic E-state index is 0.118. The van der Waals surface area contributed by atoms with Crippen molar-refractivity contribution in [2.24, 2.45) is 0 Å². The summed E-state index contributed by atoms with van der Waals surface area (Å²) in [4.78, 5) is 76.7. The molecule has 0 saturated heterocycles. The number of hydrogen-bond acceptors (Lipinski definition) is 18. The van der Waals surface area contributed by atoms with Crippen molar-refractivity contribution in [3.63, 3.8) is 0 Å². The minimum atomic E-state index is -1.59. The molecule has 1 fully saturated rings. The van der Waals surface area contributed by atoms with Gasteiger partial charge < -0.3 is 28.4 Å². The van der Waals surface area contributed by atoms with Crippen LogP contribution in [-0.4, -0.2) is 144 Å². The van der Waals surface area contributed by atoms with Gasteiger partial charge in [-0.2, -0.15) is 70.6 Å². The van der Waals surface area contributed by atoms with Crippen molar-refractivity contribution in [3.05, 3.63) is 0 Å². The summed E-state index contributed by atoms with van der Waals surface area (Å²) >= 11 is 6.90. The summed E-state index contributed by atoms with van der Waals surface area (Å²) in [6.07, 6.45) is 0.449. The minimum Gasteiger partial charge on any atom is -0.453 e. The Hall–Kier alpha value is -1.08. The predicted octanol–water partition coefficient (Wildman–Crippen LogP) is 1.65. The van der Waals surface area contributed by atoms with Gasteiger partial charge in [0.25, 0.3) is 0 Å². The lowest BCUT2D eigenvalue weighted by Gasteiger charge is -2.47. The second-order valence-electron chi connectivity index (χ2n) is 8.32. The molecule has 12 nitrogen and oxygen atoms in total. The molecule has 0 aliphatic heterocycles. The lowest BCUT2D eigenvalue weighted by Crippen LogP contribution is -2.69. The van der Waals surface area contributed by atoms with E-state index in [2.05, 4.69) is 0 Å². The fraction of sp³-hybridized carbons (Fsp3) is 0.750. The van der Waals surface area contributed by atoms with E-state index in [1.54, 1.807) is 37.5 Å². The van der Waals surface area contributed by atoms with Gasteiger partial charge in [-0.3, -0.25) is 28.8 Å². The summed E-state index contributed by atoms with van der Waals surface area (Å²) in [7, 11) is 0. The van der Waals surface area contributed by atoms with Crippen LogP contribution < -0.4 is 0 Å². The molecule has 0 heterocycles. The van der Waals surface area contributed by atoms with E-state index in [0.29, 0.717) is 0 Å². The third kappa shape index (κ3) is 13.3. The summed E-state index contributed by atoms with van der Waals surface area (Å²) in [6, 6.07) is 0. The van der Waals surface area contributed by atoms with Crippen molar-refractivity contribution in [1.82, 2.24) is 0 Å². The normalized spacial score (nSPS) is 23.3. The number of thioether (sulfide) groups is 6. The zero-order chi connectivity index (χ0) is 31.7. The molecule has 0 aromatic heterocycles. The molecule has 1 aliphatic rings. The molecule has 1 rings (SSSR count). The van der Waals surface area contributed by atoms with Gasteiger partial charge in [0.15, 0.2) is 36.6 Å². The quantitative estimate of drug-likeness (QED) is 0.149. The first-order valence-electron chi connectivity index (χ1n) is 12.2. The van der Waals surface area contributed by atoms with Gasteiger partial charge in [-0.25, -0.2) is 0 Å². The lowest BCUT2D eigenvalue weighted by atomic mass is 9.83. The smallest absolute Gasteiger partial charge is 0.316 e. The van der Waals surface area contributed by atoms with Crippen LogP contribution in [0.15, 0.2) is 0 Å². The molecule has 0 radical (unpaired) electrons. The van der Waals surface area contributed by atoms with Crippen molar-refractivity contribution in [3.8, 4) is 0 Å². The summed E-state index contributed by atoms with van der Waals surface area (Å²) in [5, 5.41) is 0. The first-order chi connectivity index (χ1) is 20.1. The molecule has 0 aromatic rings. The van der Waals surface area contributed by atoms with Gasteiger partial charge in [-0.05, 0) is 37.5 Å². The van der Waals surface area contributed by atoms with Gasteiger partial charge >= 0.3 is 35.8 Å². The zero-order valence-electron chi connectivity index (χ0n) is 24.1. The Morgan fingerprint density at radius 3 is 0.548 bits per heavy atom. The molecule has 240 valence electrons. The molecule has 0 spiro atoms. The second kappa shape index (κ2) is 21.6. The van der Waals surface area contributed by atoms with Gasteiger partial charge in [-0.15, -0.1) is 0 Å². The number of hydrogen-bond donors (Lipinski definition) is 0. The largest absolute Gasteiger partial charge is 0.453 e. The van der Waals surface area contributed by atoms with Crippen molar-refractivity contribution in [1.29, 1.82) is 0 Å². The molecule has 0 atom stereocenters. The molecule has 18 heteroatoms. The Labute approximate surface area is 271 Å². The standard InChI is InChI=1S/C24H36O12S6/c1-37-7-13(25)31-19-20(32-14(26)8-38-2)22(34-16(28)10-40-4)24(36-18(30)12-42-6)23(35-17(29)11-41-5)21(19)33-15(27)9-39-3/h19-24H,7-12H2,1-6H3. The Balaban J connectivity index is 3.90. The molecule has 0 aromatic carbocycles. The van der Waals surface area contributed by atoms with Crippen LogP contribution in [0.1, 0.15) is 0 Å². The van der Waals surface area contributed by atoms with Crippen molar-refractivity contribution in [2.45, 2.75) is 36.6 Å². The van der Waals surface area contributed by atoms with E-state index >= 15 is 0 Å². The van der Waals surface area contributed by atoms with E-state index in [9.17, 15) is 28.8 Å². The Morgan fingerprint density at radius 1 is 0.333 bits per heavy atom. The Morgan fingerprint density at radius 2 is 0.452 bits per heavy atom. The van der Waals surface area contributed by atoms with E-state index in [1.807, 2.05) is 0 Å². The maximum Gasteiger partial charge on any atom is 0.316 e. The first-order valence-corrected chi connectivity index (χ1v) is 20.5. The van der Waals surface area contributed by atoms with E-state index < -0.39 is 72.4 Å². The number of rotatable bonds is 18. The monoisotopic (exact) mass is 708 g/mol. The fourth-order valence-corrected chi connectivity index (χ4v) is 5.57. The summed E-state index contributed by atoms with van der Waals surface area (Å²) < 4.78 is 34.2. The van der Waals surface area contributed by atoms with Crippen LogP contribution in [0.5, 0.6) is 0 Å². The van der Waals surface area contributed by atoms with Crippen LogP contribution in [0.4, 0.5) is 0 Å². The van der Waals surface area contributed by atoms with Crippen LogP contribution in [0.3, 0.4) is 0 Å². The van der Waals surface area contributed by atoms with Crippen molar-refractivity contribution < 1.29 is 57.2 Å². The van der Waals surface area contributed by atoms with E-state index in [4.69, 9.17) is 28.4 Å². The number of carbonyl (C=O) groups is 6. The van der Waals surface area contributed by atoms with Gasteiger partial charge in [0.1, 0.15) is 0 Å². The molecule has 0 unspecified atom stereocenters. The highest BCUT2D eigenvalue weighted by Gasteiger charge is 2.61. The van der Waals surface area contributed by atoms with Gasteiger partial charge in [0.2, 0.25) is 0 Å². The molecule has 42 heavy (non-hydrogen) atoms. The van der Waals surface area contributed by atoms with Crippen molar-refractivity contribution in [2.75, 3.05) is 72.1 Å². The number of carbonyl (C=O) groups excluding carboxylic acids is 6. The molecule has 0 bridgehead atoms. The second-order valence-corrected chi connectivity index (χ2v) is 13.5. The molecular formula is C24H36O12S6. The van der Waals surface area contributed by atoms with Crippen LogP contribution >= 0.6 is 70.6 Å². The zero-order valence-corrected chi connectivity index (χ0v) is 29.0. The highest BCUT2D eigenvalue weighted by Crippen LogP contribution is 2.35. The average Bonchev–Trinajstić information content (AvgIpc) is 2.91. The van der Waals surface area contributed by atoms with Crippen LogP contribution in [-0.2, 0) is 57.2 Å². The molecule has 1 saturated carbocycles.